The lowest BCUT2D eigenvalue weighted by Gasteiger charge is -2.09. The Kier molecular flexibility index (Phi) is 5.29. The van der Waals surface area contributed by atoms with Crippen LogP contribution in [0.1, 0.15) is 13.8 Å². The number of hydrogen-bond acceptors (Lipinski definition) is 3. The molecule has 2 aromatic carbocycles. The molecule has 24 heavy (non-hydrogen) atoms. The van der Waals surface area contributed by atoms with Crippen molar-refractivity contribution in [3.8, 4) is 22.7 Å². The van der Waals surface area contributed by atoms with Gasteiger partial charge in [-0.05, 0) is 17.7 Å². The summed E-state index contributed by atoms with van der Waals surface area (Å²) in [6.45, 7) is 5.63. The summed E-state index contributed by atoms with van der Waals surface area (Å²) < 4.78 is 7.82. The van der Waals surface area contributed by atoms with E-state index in [0.29, 0.717) is 18.5 Å². The van der Waals surface area contributed by atoms with Crippen molar-refractivity contribution in [1.29, 1.82) is 0 Å². The third-order valence-corrected chi connectivity index (χ3v) is 3.68. The molecule has 124 valence electrons. The summed E-state index contributed by atoms with van der Waals surface area (Å²) in [7, 11) is 0. The number of aromatic nitrogens is 2. The lowest BCUT2D eigenvalue weighted by molar-refractivity contribution is 0.297. The van der Waals surface area contributed by atoms with Crippen LogP contribution in [0.3, 0.4) is 0 Å². The zero-order valence-electron chi connectivity index (χ0n) is 14.1. The van der Waals surface area contributed by atoms with Gasteiger partial charge in [0.2, 0.25) is 5.88 Å². The Morgan fingerprint density at radius 1 is 1.00 bits per heavy atom. The molecule has 0 atom stereocenters. The second kappa shape index (κ2) is 7.79. The summed E-state index contributed by atoms with van der Waals surface area (Å²) in [5.74, 6) is 0.663. The molecule has 1 N–H and O–H groups in total. The van der Waals surface area contributed by atoms with Crippen LogP contribution in [-0.2, 0) is 0 Å². The Labute approximate surface area is 143 Å². The third kappa shape index (κ3) is 4.03. The van der Waals surface area contributed by atoms with Crippen LogP contribution in [0, 0.1) is 0 Å². The second-order valence-electron chi connectivity index (χ2n) is 5.95. The van der Waals surface area contributed by atoms with Crippen molar-refractivity contribution in [2.75, 3.05) is 13.2 Å². The number of rotatable bonds is 7. The van der Waals surface area contributed by atoms with Crippen LogP contribution in [0.25, 0.3) is 16.8 Å². The highest BCUT2D eigenvalue weighted by Gasteiger charge is 2.13. The van der Waals surface area contributed by atoms with Gasteiger partial charge in [0.1, 0.15) is 6.61 Å². The molecule has 3 rings (SSSR count). The maximum atomic E-state index is 5.95. The summed E-state index contributed by atoms with van der Waals surface area (Å²) in [6.07, 6.45) is 2.02. The highest BCUT2D eigenvalue weighted by atomic mass is 16.5. The highest BCUT2D eigenvalue weighted by Crippen LogP contribution is 2.29. The number of benzene rings is 2. The summed E-state index contributed by atoms with van der Waals surface area (Å²) in [5, 5.41) is 7.99. The van der Waals surface area contributed by atoms with Gasteiger partial charge in [-0.2, -0.15) is 0 Å². The largest absolute Gasteiger partial charge is 0.475 e. The van der Waals surface area contributed by atoms with Gasteiger partial charge in [0.25, 0.3) is 0 Å². The molecule has 0 aliphatic rings. The summed E-state index contributed by atoms with van der Waals surface area (Å²) in [6, 6.07) is 20.7. The molecule has 4 heteroatoms. The molecule has 0 fully saturated rings. The number of nitrogens with zero attached hydrogens (tertiary/aromatic N) is 2. The molecule has 0 saturated heterocycles. The van der Waals surface area contributed by atoms with E-state index in [1.54, 1.807) is 0 Å². The third-order valence-electron chi connectivity index (χ3n) is 3.68. The van der Waals surface area contributed by atoms with Crippen molar-refractivity contribution in [3.63, 3.8) is 0 Å². The molecule has 3 aromatic rings. The first kappa shape index (κ1) is 16.3. The minimum absolute atomic E-state index is 0.448. The molecule has 0 radical (unpaired) electrons. The van der Waals surface area contributed by atoms with Gasteiger partial charge < -0.3 is 10.1 Å². The van der Waals surface area contributed by atoms with Gasteiger partial charge in [-0.25, -0.2) is 4.68 Å². The lowest BCUT2D eigenvalue weighted by Crippen LogP contribution is -2.27. The summed E-state index contributed by atoms with van der Waals surface area (Å²) >= 11 is 0. The fourth-order valence-corrected chi connectivity index (χ4v) is 2.49. The van der Waals surface area contributed by atoms with Crippen LogP contribution in [0.2, 0.25) is 0 Å². The molecule has 0 aliphatic carbocycles. The molecule has 0 spiro atoms. The fourth-order valence-electron chi connectivity index (χ4n) is 2.49. The predicted octanol–water partition coefficient (Wildman–Crippen LogP) is 3.92. The maximum absolute atomic E-state index is 5.95. The van der Waals surface area contributed by atoms with Crippen LogP contribution in [0.5, 0.6) is 5.88 Å². The van der Waals surface area contributed by atoms with Gasteiger partial charge in [0.05, 0.1) is 11.3 Å². The van der Waals surface area contributed by atoms with E-state index in [1.807, 2.05) is 59.4 Å². The minimum Gasteiger partial charge on any atom is -0.475 e. The average Bonchev–Trinajstić information content (AvgIpc) is 3.04. The summed E-state index contributed by atoms with van der Waals surface area (Å²) in [4.78, 5) is 0. The molecular weight excluding hydrogens is 298 g/mol. The topological polar surface area (TPSA) is 39.1 Å². The first-order chi connectivity index (χ1) is 11.7. The van der Waals surface area contributed by atoms with E-state index in [0.717, 1.165) is 23.4 Å². The standard InChI is InChI=1S/C20H23N3O/c1-16(2)21-13-14-24-20-19(17-9-5-3-6-10-17)15-23(22-20)18-11-7-4-8-12-18/h3-12,15-16,21H,13-14H2,1-2H3. The Balaban J connectivity index is 1.86. The van der Waals surface area contributed by atoms with Gasteiger partial charge in [0.15, 0.2) is 0 Å². The Morgan fingerprint density at radius 2 is 1.67 bits per heavy atom. The van der Waals surface area contributed by atoms with Crippen molar-refractivity contribution in [3.05, 3.63) is 66.9 Å². The molecule has 0 bridgehead atoms. The van der Waals surface area contributed by atoms with Crippen molar-refractivity contribution >= 4 is 0 Å². The van der Waals surface area contributed by atoms with Crippen LogP contribution in [0.15, 0.2) is 66.9 Å². The Hall–Kier alpha value is -2.59. The molecule has 0 amide bonds. The maximum Gasteiger partial charge on any atom is 0.241 e. The van der Waals surface area contributed by atoms with E-state index in [2.05, 4.69) is 36.4 Å². The molecule has 4 nitrogen and oxygen atoms in total. The fraction of sp³-hybridized carbons (Fsp3) is 0.250. The van der Waals surface area contributed by atoms with E-state index in [-0.39, 0.29) is 0 Å². The number of nitrogens with one attached hydrogen (secondary N) is 1. The summed E-state index contributed by atoms with van der Waals surface area (Å²) in [5.41, 5.74) is 3.13. The smallest absolute Gasteiger partial charge is 0.241 e. The van der Waals surface area contributed by atoms with Crippen LogP contribution in [0.4, 0.5) is 0 Å². The number of ether oxygens (including phenoxy) is 1. The predicted molar refractivity (Wildman–Crippen MR) is 97.6 cm³/mol. The van der Waals surface area contributed by atoms with Crippen LogP contribution in [-0.4, -0.2) is 29.0 Å². The van der Waals surface area contributed by atoms with Crippen molar-refractivity contribution in [1.82, 2.24) is 15.1 Å². The average molecular weight is 321 g/mol. The van der Waals surface area contributed by atoms with Crippen molar-refractivity contribution in [2.45, 2.75) is 19.9 Å². The van der Waals surface area contributed by atoms with Crippen LogP contribution < -0.4 is 10.1 Å². The lowest BCUT2D eigenvalue weighted by atomic mass is 10.1. The van der Waals surface area contributed by atoms with Gasteiger partial charge in [-0.1, -0.05) is 62.4 Å². The Bertz CT molecular complexity index is 751. The van der Waals surface area contributed by atoms with Gasteiger partial charge >= 0.3 is 0 Å². The van der Waals surface area contributed by atoms with E-state index in [4.69, 9.17) is 4.74 Å². The molecule has 0 aliphatic heterocycles. The molecule has 1 aromatic heterocycles. The van der Waals surface area contributed by atoms with E-state index >= 15 is 0 Å². The zero-order chi connectivity index (χ0) is 16.8. The minimum atomic E-state index is 0.448. The van der Waals surface area contributed by atoms with Gasteiger partial charge in [-0.15, -0.1) is 5.10 Å². The molecule has 0 saturated carbocycles. The van der Waals surface area contributed by atoms with Crippen molar-refractivity contribution in [2.24, 2.45) is 0 Å². The van der Waals surface area contributed by atoms with Gasteiger partial charge in [-0.3, -0.25) is 0 Å². The first-order valence-corrected chi connectivity index (χ1v) is 8.31. The van der Waals surface area contributed by atoms with Crippen LogP contribution >= 0.6 is 0 Å². The van der Waals surface area contributed by atoms with E-state index < -0.39 is 0 Å². The SMILES string of the molecule is CC(C)NCCOc1nn(-c2ccccc2)cc1-c1ccccc1. The Morgan fingerprint density at radius 3 is 2.33 bits per heavy atom. The van der Waals surface area contributed by atoms with Crippen molar-refractivity contribution < 1.29 is 4.74 Å². The second-order valence-corrected chi connectivity index (χ2v) is 5.95. The quantitative estimate of drug-likeness (QED) is 0.671. The monoisotopic (exact) mass is 321 g/mol. The van der Waals surface area contributed by atoms with E-state index in [9.17, 15) is 0 Å². The number of hydrogen-bond donors (Lipinski definition) is 1. The molecule has 0 unspecified atom stereocenters. The number of para-hydroxylation sites is 1. The molecule has 1 heterocycles. The van der Waals surface area contributed by atoms with Gasteiger partial charge in [0, 0.05) is 18.8 Å². The van der Waals surface area contributed by atoms with E-state index in [1.165, 1.54) is 0 Å². The highest BCUT2D eigenvalue weighted by molar-refractivity contribution is 5.68. The zero-order valence-corrected chi connectivity index (χ0v) is 14.1. The molecular formula is C20H23N3O. The first-order valence-electron chi connectivity index (χ1n) is 8.31. The normalized spacial score (nSPS) is 11.0.